The summed E-state index contributed by atoms with van der Waals surface area (Å²) in [4.78, 5) is 25.0. The van der Waals surface area contributed by atoms with Gasteiger partial charge in [0, 0.05) is 12.6 Å². The lowest BCUT2D eigenvalue weighted by molar-refractivity contribution is -0.138. The maximum Gasteiger partial charge on any atom is 0.246 e. The van der Waals surface area contributed by atoms with Crippen LogP contribution in [0.4, 0.5) is 0 Å². The highest BCUT2D eigenvalue weighted by molar-refractivity contribution is 6.05. The molecule has 17 heavy (non-hydrogen) atoms. The standard InChI is InChI=1S/C13H22N2O2/c1-3-15-12(16)8-11(13(15)17)14-10-7-5-4-6-9(10)2/h9-11,14H,3-8H2,1-2H3. The van der Waals surface area contributed by atoms with Crippen LogP contribution < -0.4 is 5.32 Å². The molecule has 2 amide bonds. The Morgan fingerprint density at radius 2 is 2.00 bits per heavy atom. The average Bonchev–Trinajstić information content (AvgIpc) is 2.57. The van der Waals surface area contributed by atoms with Crippen molar-refractivity contribution >= 4 is 11.8 Å². The van der Waals surface area contributed by atoms with E-state index in [0.29, 0.717) is 24.9 Å². The molecule has 3 atom stereocenters. The van der Waals surface area contributed by atoms with Crippen molar-refractivity contribution in [2.45, 2.75) is 58.0 Å². The lowest BCUT2D eigenvalue weighted by Gasteiger charge is -2.31. The summed E-state index contributed by atoms with van der Waals surface area (Å²) in [5, 5.41) is 3.40. The molecule has 1 aliphatic carbocycles. The van der Waals surface area contributed by atoms with Crippen molar-refractivity contribution in [2.75, 3.05) is 6.54 Å². The van der Waals surface area contributed by atoms with Gasteiger partial charge in [0.15, 0.2) is 0 Å². The average molecular weight is 238 g/mol. The maximum atomic E-state index is 12.0. The highest BCUT2D eigenvalue weighted by Gasteiger charge is 2.39. The van der Waals surface area contributed by atoms with E-state index in [-0.39, 0.29) is 17.9 Å². The van der Waals surface area contributed by atoms with Crippen LogP contribution >= 0.6 is 0 Å². The first-order valence-corrected chi connectivity index (χ1v) is 6.73. The Labute approximate surface area is 103 Å². The maximum absolute atomic E-state index is 12.0. The van der Waals surface area contributed by atoms with Gasteiger partial charge in [-0.1, -0.05) is 19.8 Å². The fourth-order valence-corrected chi connectivity index (χ4v) is 2.97. The SMILES string of the molecule is CCN1C(=O)CC(NC2CCCCC2C)C1=O. The summed E-state index contributed by atoms with van der Waals surface area (Å²) in [5.74, 6) is 0.552. The molecule has 2 fully saturated rings. The largest absolute Gasteiger partial charge is 0.302 e. The van der Waals surface area contributed by atoms with Crippen LogP contribution in [-0.2, 0) is 9.59 Å². The molecule has 1 N–H and O–H groups in total. The molecule has 0 aromatic carbocycles. The molecule has 0 aromatic rings. The van der Waals surface area contributed by atoms with E-state index in [1.165, 1.54) is 24.2 Å². The van der Waals surface area contributed by atoms with E-state index in [0.717, 1.165) is 6.42 Å². The number of hydrogen-bond acceptors (Lipinski definition) is 3. The highest BCUT2D eigenvalue weighted by atomic mass is 16.2. The number of nitrogens with one attached hydrogen (secondary N) is 1. The van der Waals surface area contributed by atoms with Crippen molar-refractivity contribution in [1.29, 1.82) is 0 Å². The summed E-state index contributed by atoms with van der Waals surface area (Å²) in [6.45, 7) is 4.58. The highest BCUT2D eigenvalue weighted by Crippen LogP contribution is 2.25. The molecule has 2 rings (SSSR count). The zero-order chi connectivity index (χ0) is 12.4. The van der Waals surface area contributed by atoms with Crippen LogP contribution in [0.25, 0.3) is 0 Å². The van der Waals surface area contributed by atoms with E-state index < -0.39 is 0 Å². The number of amides is 2. The van der Waals surface area contributed by atoms with E-state index in [1.54, 1.807) is 0 Å². The van der Waals surface area contributed by atoms with E-state index in [1.807, 2.05) is 6.92 Å². The number of carbonyl (C=O) groups excluding carboxylic acids is 2. The third kappa shape index (κ3) is 2.51. The second-order valence-corrected chi connectivity index (χ2v) is 5.27. The Hall–Kier alpha value is -0.900. The Balaban J connectivity index is 1.95. The number of likely N-dealkylation sites (tertiary alicyclic amines) is 1. The van der Waals surface area contributed by atoms with Crippen molar-refractivity contribution in [2.24, 2.45) is 5.92 Å². The van der Waals surface area contributed by atoms with Crippen LogP contribution in [0, 0.1) is 5.92 Å². The van der Waals surface area contributed by atoms with Crippen molar-refractivity contribution in [3.05, 3.63) is 0 Å². The van der Waals surface area contributed by atoms with Crippen molar-refractivity contribution in [3.63, 3.8) is 0 Å². The second kappa shape index (κ2) is 5.17. The minimum Gasteiger partial charge on any atom is -0.302 e. The van der Waals surface area contributed by atoms with Gasteiger partial charge < -0.3 is 5.32 Å². The molecule has 96 valence electrons. The molecule has 1 saturated heterocycles. The molecule has 0 spiro atoms. The molecule has 0 radical (unpaired) electrons. The zero-order valence-electron chi connectivity index (χ0n) is 10.7. The molecular formula is C13H22N2O2. The summed E-state index contributed by atoms with van der Waals surface area (Å²) in [6.07, 6.45) is 5.22. The van der Waals surface area contributed by atoms with Gasteiger partial charge in [0.25, 0.3) is 0 Å². The summed E-state index contributed by atoms with van der Waals surface area (Å²) in [6, 6.07) is 0.135. The summed E-state index contributed by atoms with van der Waals surface area (Å²) in [7, 11) is 0. The number of rotatable bonds is 3. The smallest absolute Gasteiger partial charge is 0.246 e. The quantitative estimate of drug-likeness (QED) is 0.754. The van der Waals surface area contributed by atoms with Gasteiger partial charge in [0.1, 0.15) is 0 Å². The summed E-state index contributed by atoms with van der Waals surface area (Å²) in [5.41, 5.74) is 0. The first kappa shape index (κ1) is 12.6. The molecule has 0 aromatic heterocycles. The van der Waals surface area contributed by atoms with Gasteiger partial charge in [0.2, 0.25) is 11.8 Å². The van der Waals surface area contributed by atoms with Gasteiger partial charge in [-0.2, -0.15) is 0 Å². The predicted octanol–water partition coefficient (Wildman–Crippen LogP) is 1.30. The van der Waals surface area contributed by atoms with Crippen LogP contribution in [-0.4, -0.2) is 35.3 Å². The molecule has 3 unspecified atom stereocenters. The molecule has 0 bridgehead atoms. The van der Waals surface area contributed by atoms with Crippen molar-refractivity contribution in [1.82, 2.24) is 10.2 Å². The van der Waals surface area contributed by atoms with Gasteiger partial charge in [0.05, 0.1) is 12.5 Å². The molecule has 1 saturated carbocycles. The van der Waals surface area contributed by atoms with Gasteiger partial charge >= 0.3 is 0 Å². The van der Waals surface area contributed by atoms with Crippen LogP contribution in [0.15, 0.2) is 0 Å². The Morgan fingerprint density at radius 1 is 1.29 bits per heavy atom. The van der Waals surface area contributed by atoms with Crippen LogP contribution in [0.3, 0.4) is 0 Å². The van der Waals surface area contributed by atoms with Gasteiger partial charge in [-0.25, -0.2) is 0 Å². The second-order valence-electron chi connectivity index (χ2n) is 5.27. The number of likely N-dealkylation sites (N-methyl/N-ethyl adjacent to an activating group) is 1. The first-order valence-electron chi connectivity index (χ1n) is 6.73. The van der Waals surface area contributed by atoms with Gasteiger partial charge in [-0.3, -0.25) is 14.5 Å². The lowest BCUT2D eigenvalue weighted by Crippen LogP contribution is -2.47. The van der Waals surface area contributed by atoms with E-state index in [2.05, 4.69) is 12.2 Å². The van der Waals surface area contributed by atoms with Crippen LogP contribution in [0.1, 0.15) is 46.0 Å². The van der Waals surface area contributed by atoms with Crippen LogP contribution in [0.5, 0.6) is 0 Å². The number of nitrogens with zero attached hydrogens (tertiary/aromatic N) is 1. The molecule has 2 aliphatic rings. The Kier molecular flexibility index (Phi) is 3.82. The minimum atomic E-state index is -0.270. The Bertz CT molecular complexity index is 317. The van der Waals surface area contributed by atoms with E-state index in [9.17, 15) is 9.59 Å². The van der Waals surface area contributed by atoms with Gasteiger partial charge in [-0.15, -0.1) is 0 Å². The normalized spacial score (nSPS) is 34.5. The fraction of sp³-hybridized carbons (Fsp3) is 0.846. The number of hydrogen-bond donors (Lipinski definition) is 1. The Morgan fingerprint density at radius 3 is 2.59 bits per heavy atom. The topological polar surface area (TPSA) is 49.4 Å². The van der Waals surface area contributed by atoms with E-state index in [4.69, 9.17) is 0 Å². The molecule has 1 aliphatic heterocycles. The fourth-order valence-electron chi connectivity index (χ4n) is 2.97. The van der Waals surface area contributed by atoms with Crippen LogP contribution in [0.2, 0.25) is 0 Å². The lowest BCUT2D eigenvalue weighted by atomic mass is 9.85. The molecular weight excluding hydrogens is 216 g/mol. The number of imide groups is 1. The minimum absolute atomic E-state index is 0.0292. The first-order chi connectivity index (χ1) is 8.13. The monoisotopic (exact) mass is 238 g/mol. The van der Waals surface area contributed by atoms with Gasteiger partial charge in [-0.05, 0) is 25.7 Å². The summed E-state index contributed by atoms with van der Waals surface area (Å²) >= 11 is 0. The zero-order valence-corrected chi connectivity index (χ0v) is 10.7. The number of carbonyl (C=O) groups is 2. The third-order valence-electron chi connectivity index (χ3n) is 4.09. The molecule has 4 nitrogen and oxygen atoms in total. The summed E-state index contributed by atoms with van der Waals surface area (Å²) < 4.78 is 0. The third-order valence-corrected chi connectivity index (χ3v) is 4.09. The molecule has 4 heteroatoms. The molecule has 1 heterocycles. The van der Waals surface area contributed by atoms with Crippen molar-refractivity contribution in [3.8, 4) is 0 Å². The van der Waals surface area contributed by atoms with Crippen molar-refractivity contribution < 1.29 is 9.59 Å². The predicted molar refractivity (Wildman–Crippen MR) is 65.4 cm³/mol. The van der Waals surface area contributed by atoms with E-state index >= 15 is 0 Å².